The van der Waals surface area contributed by atoms with Gasteiger partial charge in [-0.1, -0.05) is 0 Å². The molecule has 0 fully saturated rings. The molecule has 1 rings (SSSR count). The van der Waals surface area contributed by atoms with Crippen molar-refractivity contribution in [2.45, 2.75) is 39.3 Å². The van der Waals surface area contributed by atoms with E-state index in [1.165, 1.54) is 17.1 Å². The first-order valence-electron chi connectivity index (χ1n) is 5.20. The Morgan fingerprint density at radius 2 is 2.12 bits per heavy atom. The van der Waals surface area contributed by atoms with Crippen LogP contribution in [-0.4, -0.2) is 32.2 Å². The van der Waals surface area contributed by atoms with Crippen molar-refractivity contribution in [1.82, 2.24) is 9.55 Å². The van der Waals surface area contributed by atoms with E-state index in [0.717, 1.165) is 0 Å². The molecular formula is C11H16N2O4. The summed E-state index contributed by atoms with van der Waals surface area (Å²) in [5.41, 5.74) is -0.109. The molecule has 17 heavy (non-hydrogen) atoms. The predicted octanol–water partition coefficient (Wildman–Crippen LogP) is 0.852. The molecule has 1 N–H and O–H groups in total. The molecular weight excluding hydrogens is 224 g/mol. The molecule has 0 atom stereocenters. The van der Waals surface area contributed by atoms with E-state index in [2.05, 4.69) is 4.98 Å². The van der Waals surface area contributed by atoms with Gasteiger partial charge in [0.25, 0.3) is 0 Å². The number of ether oxygens (including phenoxy) is 1. The maximum atomic E-state index is 11.5. The van der Waals surface area contributed by atoms with Crippen molar-refractivity contribution < 1.29 is 19.4 Å². The Kier molecular flexibility index (Phi) is 3.88. The number of esters is 1. The molecule has 1 aromatic heterocycles. The number of carboxylic acid groups (broad SMARTS) is 1. The summed E-state index contributed by atoms with van der Waals surface area (Å²) in [6.45, 7) is 5.39. The molecule has 0 aliphatic carbocycles. The number of aromatic nitrogens is 2. The summed E-state index contributed by atoms with van der Waals surface area (Å²) in [6, 6.07) is 0. The Balaban J connectivity index is 2.55. The van der Waals surface area contributed by atoms with Crippen LogP contribution in [0.15, 0.2) is 12.5 Å². The number of nitrogens with zero attached hydrogens (tertiary/aromatic N) is 2. The second-order valence-corrected chi connectivity index (χ2v) is 4.69. The highest BCUT2D eigenvalue weighted by molar-refractivity contribution is 5.70. The zero-order valence-corrected chi connectivity index (χ0v) is 10.1. The highest BCUT2D eigenvalue weighted by Crippen LogP contribution is 2.08. The fourth-order valence-electron chi connectivity index (χ4n) is 1.26. The summed E-state index contributed by atoms with van der Waals surface area (Å²) in [6.07, 6.45) is 2.79. The van der Waals surface area contributed by atoms with Crippen LogP contribution < -0.4 is 0 Å². The molecule has 1 aromatic rings. The SMILES string of the molecule is CC(C)(C)OC(=O)Cn1cnc(CC(=O)O)c1. The van der Waals surface area contributed by atoms with E-state index in [-0.39, 0.29) is 18.9 Å². The lowest BCUT2D eigenvalue weighted by Gasteiger charge is -2.19. The average Bonchev–Trinajstić information content (AvgIpc) is 2.46. The fourth-order valence-corrected chi connectivity index (χ4v) is 1.26. The number of aliphatic carboxylic acids is 1. The Morgan fingerprint density at radius 3 is 2.65 bits per heavy atom. The molecule has 0 unspecified atom stereocenters. The Labute approximate surface area is 99.2 Å². The molecule has 6 heteroatoms. The van der Waals surface area contributed by atoms with Gasteiger partial charge >= 0.3 is 11.9 Å². The van der Waals surface area contributed by atoms with Crippen molar-refractivity contribution in [3.8, 4) is 0 Å². The van der Waals surface area contributed by atoms with E-state index in [0.29, 0.717) is 5.69 Å². The van der Waals surface area contributed by atoms with Crippen LogP contribution in [0.4, 0.5) is 0 Å². The van der Waals surface area contributed by atoms with E-state index >= 15 is 0 Å². The third kappa shape index (κ3) is 5.14. The standard InChI is InChI=1S/C11H16N2O4/c1-11(2,3)17-10(16)6-13-5-8(12-7-13)4-9(14)15/h5,7H,4,6H2,1-3H3,(H,14,15). The molecule has 0 saturated heterocycles. The van der Waals surface area contributed by atoms with Crippen LogP contribution in [0.1, 0.15) is 26.5 Å². The maximum absolute atomic E-state index is 11.5. The number of imidazole rings is 1. The second kappa shape index (κ2) is 4.99. The first-order valence-corrected chi connectivity index (χ1v) is 5.20. The van der Waals surface area contributed by atoms with Gasteiger partial charge in [0.1, 0.15) is 12.1 Å². The topological polar surface area (TPSA) is 81.4 Å². The number of carbonyl (C=O) groups is 2. The predicted molar refractivity (Wildman–Crippen MR) is 59.4 cm³/mol. The lowest BCUT2D eigenvalue weighted by Crippen LogP contribution is -2.26. The van der Waals surface area contributed by atoms with E-state index < -0.39 is 11.6 Å². The monoisotopic (exact) mass is 240 g/mol. The van der Waals surface area contributed by atoms with Gasteiger partial charge in [0.05, 0.1) is 18.4 Å². The van der Waals surface area contributed by atoms with Crippen LogP contribution in [0.2, 0.25) is 0 Å². The highest BCUT2D eigenvalue weighted by atomic mass is 16.6. The second-order valence-electron chi connectivity index (χ2n) is 4.69. The lowest BCUT2D eigenvalue weighted by molar-refractivity contribution is -0.155. The molecule has 0 bridgehead atoms. The lowest BCUT2D eigenvalue weighted by atomic mass is 10.2. The summed E-state index contributed by atoms with van der Waals surface area (Å²) < 4.78 is 6.63. The van der Waals surface area contributed by atoms with Gasteiger partial charge in [0.15, 0.2) is 0 Å². The van der Waals surface area contributed by atoms with Crippen LogP contribution in [0.5, 0.6) is 0 Å². The van der Waals surface area contributed by atoms with Crippen LogP contribution in [0.25, 0.3) is 0 Å². The first kappa shape index (κ1) is 13.2. The van der Waals surface area contributed by atoms with Gasteiger partial charge in [-0.3, -0.25) is 9.59 Å². The van der Waals surface area contributed by atoms with E-state index in [1.807, 2.05) is 0 Å². The molecule has 94 valence electrons. The molecule has 0 saturated carbocycles. The summed E-state index contributed by atoms with van der Waals surface area (Å²) in [7, 11) is 0. The van der Waals surface area contributed by atoms with Gasteiger partial charge in [-0.25, -0.2) is 4.98 Å². The van der Waals surface area contributed by atoms with Gasteiger partial charge in [-0.05, 0) is 20.8 Å². The molecule has 0 aromatic carbocycles. The minimum Gasteiger partial charge on any atom is -0.481 e. The van der Waals surface area contributed by atoms with Crippen molar-refractivity contribution in [2.24, 2.45) is 0 Å². The zero-order valence-electron chi connectivity index (χ0n) is 10.1. The minimum atomic E-state index is -0.951. The minimum absolute atomic E-state index is 0.0316. The third-order valence-electron chi connectivity index (χ3n) is 1.75. The average molecular weight is 240 g/mol. The summed E-state index contributed by atoms with van der Waals surface area (Å²) in [4.78, 5) is 25.8. The van der Waals surface area contributed by atoms with Crippen LogP contribution in [0, 0.1) is 0 Å². The fraction of sp³-hybridized carbons (Fsp3) is 0.545. The summed E-state index contributed by atoms with van der Waals surface area (Å²) in [5, 5.41) is 8.57. The first-order chi connectivity index (χ1) is 7.76. The van der Waals surface area contributed by atoms with Crippen LogP contribution in [0.3, 0.4) is 0 Å². The van der Waals surface area contributed by atoms with E-state index in [1.54, 1.807) is 20.8 Å². The van der Waals surface area contributed by atoms with Crippen molar-refractivity contribution >= 4 is 11.9 Å². The zero-order chi connectivity index (χ0) is 13.1. The van der Waals surface area contributed by atoms with Crippen LogP contribution in [-0.2, 0) is 27.3 Å². The van der Waals surface area contributed by atoms with E-state index in [9.17, 15) is 9.59 Å². The summed E-state index contributed by atoms with van der Waals surface area (Å²) >= 11 is 0. The third-order valence-corrected chi connectivity index (χ3v) is 1.75. The quantitative estimate of drug-likeness (QED) is 0.789. The van der Waals surface area contributed by atoms with Gasteiger partial charge in [-0.15, -0.1) is 0 Å². The van der Waals surface area contributed by atoms with Gasteiger partial charge in [0, 0.05) is 6.20 Å². The highest BCUT2D eigenvalue weighted by Gasteiger charge is 2.16. The molecule has 0 radical (unpaired) electrons. The molecule has 1 heterocycles. The largest absolute Gasteiger partial charge is 0.481 e. The number of carboxylic acids is 1. The van der Waals surface area contributed by atoms with Gasteiger partial charge < -0.3 is 14.4 Å². The van der Waals surface area contributed by atoms with Crippen LogP contribution >= 0.6 is 0 Å². The molecule has 0 spiro atoms. The van der Waals surface area contributed by atoms with E-state index in [4.69, 9.17) is 9.84 Å². The molecule has 6 nitrogen and oxygen atoms in total. The molecule has 0 amide bonds. The smallest absolute Gasteiger partial charge is 0.326 e. The van der Waals surface area contributed by atoms with Crippen molar-refractivity contribution in [2.75, 3.05) is 0 Å². The molecule has 0 aliphatic heterocycles. The number of rotatable bonds is 4. The maximum Gasteiger partial charge on any atom is 0.326 e. The summed E-state index contributed by atoms with van der Waals surface area (Å²) in [5.74, 6) is -1.33. The Morgan fingerprint density at radius 1 is 1.47 bits per heavy atom. The van der Waals surface area contributed by atoms with Gasteiger partial charge in [-0.2, -0.15) is 0 Å². The van der Waals surface area contributed by atoms with Crippen molar-refractivity contribution in [3.63, 3.8) is 0 Å². The van der Waals surface area contributed by atoms with Crippen molar-refractivity contribution in [3.05, 3.63) is 18.2 Å². The Bertz CT molecular complexity index is 417. The normalized spacial score (nSPS) is 11.2. The van der Waals surface area contributed by atoms with Crippen molar-refractivity contribution in [1.29, 1.82) is 0 Å². The Hall–Kier alpha value is -1.85. The number of hydrogen-bond donors (Lipinski definition) is 1. The molecule has 0 aliphatic rings. The number of carbonyl (C=O) groups excluding carboxylic acids is 1. The van der Waals surface area contributed by atoms with Gasteiger partial charge in [0.2, 0.25) is 0 Å². The number of hydrogen-bond acceptors (Lipinski definition) is 4.